The minimum atomic E-state index is -4.46. The number of nitrogens with zero attached hydrogens (tertiary/aromatic N) is 3. The Bertz CT molecular complexity index is 573. The Labute approximate surface area is 101 Å². The lowest BCUT2D eigenvalue weighted by molar-refractivity contribution is -0.141. The molecule has 4 nitrogen and oxygen atoms in total. The van der Waals surface area contributed by atoms with E-state index >= 15 is 0 Å². The van der Waals surface area contributed by atoms with Crippen LogP contribution < -0.4 is 5.32 Å². The second kappa shape index (κ2) is 4.32. The molecule has 0 aromatic carbocycles. The van der Waals surface area contributed by atoms with Gasteiger partial charge in [0.1, 0.15) is 5.52 Å². The number of fused-ring (bicyclic) bond motifs is 1. The maximum atomic E-state index is 12.6. The number of anilines is 1. The molecule has 0 radical (unpaired) electrons. The third-order valence-corrected chi connectivity index (χ3v) is 2.40. The molecule has 18 heavy (non-hydrogen) atoms. The lowest BCUT2D eigenvalue weighted by atomic mass is 10.3. The van der Waals surface area contributed by atoms with Gasteiger partial charge in [0.2, 0.25) is 0 Å². The van der Waals surface area contributed by atoms with E-state index in [0.717, 1.165) is 10.6 Å². The fourth-order valence-corrected chi connectivity index (χ4v) is 1.45. The third kappa shape index (κ3) is 2.29. The first-order valence-corrected chi connectivity index (χ1v) is 5.22. The van der Waals surface area contributed by atoms with Crippen molar-refractivity contribution >= 4 is 11.3 Å². The summed E-state index contributed by atoms with van der Waals surface area (Å²) >= 11 is 0. The van der Waals surface area contributed by atoms with Crippen LogP contribution in [0.5, 0.6) is 0 Å². The molecule has 0 aliphatic heterocycles. The first-order valence-electron chi connectivity index (χ1n) is 5.22. The summed E-state index contributed by atoms with van der Waals surface area (Å²) in [5, 5.41) is 6.41. The lowest BCUT2D eigenvalue weighted by Crippen LogP contribution is -2.13. The van der Waals surface area contributed by atoms with Gasteiger partial charge in [0.05, 0.1) is 0 Å². The lowest BCUT2D eigenvalue weighted by Gasteiger charge is -2.10. The van der Waals surface area contributed by atoms with E-state index in [1.807, 2.05) is 6.92 Å². The van der Waals surface area contributed by atoms with Gasteiger partial charge in [0, 0.05) is 24.5 Å². The van der Waals surface area contributed by atoms with E-state index in [1.165, 1.54) is 12.4 Å². The first kappa shape index (κ1) is 12.4. The number of aromatic nitrogens is 3. The second-order valence-corrected chi connectivity index (χ2v) is 3.80. The van der Waals surface area contributed by atoms with Gasteiger partial charge in [-0.05, 0) is 6.92 Å². The normalized spacial score (nSPS) is 13.6. The molecule has 1 N–H and O–H groups in total. The van der Waals surface area contributed by atoms with E-state index in [4.69, 9.17) is 0 Å². The van der Waals surface area contributed by atoms with Gasteiger partial charge in [-0.3, -0.25) is 0 Å². The van der Waals surface area contributed by atoms with Gasteiger partial charge in [-0.2, -0.15) is 18.3 Å². The van der Waals surface area contributed by atoms with E-state index in [1.54, 1.807) is 6.08 Å². The van der Waals surface area contributed by atoms with Crippen molar-refractivity contribution in [2.75, 3.05) is 5.32 Å². The molecule has 0 spiro atoms. The average molecular weight is 256 g/mol. The molecule has 0 amide bonds. The summed E-state index contributed by atoms with van der Waals surface area (Å²) in [7, 11) is 0. The zero-order valence-electron chi connectivity index (χ0n) is 9.57. The fraction of sp³-hybridized carbons (Fsp3) is 0.273. The summed E-state index contributed by atoms with van der Waals surface area (Å²) < 4.78 is 38.8. The number of hydrogen-bond donors (Lipinski definition) is 1. The molecular formula is C11H11F3N4. The van der Waals surface area contributed by atoms with E-state index in [0.29, 0.717) is 5.82 Å². The average Bonchev–Trinajstić information content (AvgIpc) is 2.73. The summed E-state index contributed by atoms with van der Waals surface area (Å²) in [6.07, 6.45) is -0.0772. The zero-order chi connectivity index (χ0) is 13.3. The van der Waals surface area contributed by atoms with E-state index < -0.39 is 11.9 Å². The Kier molecular flexibility index (Phi) is 2.98. The molecule has 96 valence electrons. The van der Waals surface area contributed by atoms with Gasteiger partial charge in [0.25, 0.3) is 0 Å². The van der Waals surface area contributed by atoms with Gasteiger partial charge >= 0.3 is 6.18 Å². The van der Waals surface area contributed by atoms with Crippen molar-refractivity contribution < 1.29 is 13.2 Å². The molecule has 0 saturated heterocycles. The van der Waals surface area contributed by atoms with Crippen LogP contribution >= 0.6 is 0 Å². The van der Waals surface area contributed by atoms with Gasteiger partial charge in [-0.1, -0.05) is 6.08 Å². The SMILES string of the molecule is C=CC(C)Nc1nccn2nc(C(F)(F)F)cc12. The van der Waals surface area contributed by atoms with Crippen LogP contribution in [0.25, 0.3) is 5.52 Å². The summed E-state index contributed by atoms with van der Waals surface area (Å²) in [6, 6.07) is 0.860. The quantitative estimate of drug-likeness (QED) is 0.858. The molecule has 0 fully saturated rings. The van der Waals surface area contributed by atoms with E-state index in [2.05, 4.69) is 22.0 Å². The van der Waals surface area contributed by atoms with Crippen LogP contribution in [-0.2, 0) is 6.18 Å². The first-order chi connectivity index (χ1) is 8.41. The van der Waals surface area contributed by atoms with Crippen molar-refractivity contribution in [3.05, 3.63) is 36.8 Å². The molecule has 0 aliphatic carbocycles. The Morgan fingerprint density at radius 2 is 2.22 bits per heavy atom. The van der Waals surface area contributed by atoms with Crippen molar-refractivity contribution in [2.24, 2.45) is 0 Å². The molecule has 2 aromatic heterocycles. The highest BCUT2D eigenvalue weighted by atomic mass is 19.4. The molecule has 0 bridgehead atoms. The molecule has 2 rings (SSSR count). The highest BCUT2D eigenvalue weighted by Gasteiger charge is 2.34. The van der Waals surface area contributed by atoms with Gasteiger partial charge in [-0.15, -0.1) is 6.58 Å². The smallest absolute Gasteiger partial charge is 0.362 e. The van der Waals surface area contributed by atoms with Crippen molar-refractivity contribution in [2.45, 2.75) is 19.1 Å². The number of rotatable bonds is 3. The van der Waals surface area contributed by atoms with Gasteiger partial charge in [0.15, 0.2) is 11.5 Å². The Hall–Kier alpha value is -2.05. The van der Waals surface area contributed by atoms with E-state index in [9.17, 15) is 13.2 Å². The summed E-state index contributed by atoms with van der Waals surface area (Å²) in [6.45, 7) is 5.41. The summed E-state index contributed by atoms with van der Waals surface area (Å²) in [4.78, 5) is 4.00. The number of halogens is 3. The maximum absolute atomic E-state index is 12.6. The zero-order valence-corrected chi connectivity index (χ0v) is 9.57. The van der Waals surface area contributed by atoms with Crippen LogP contribution in [0.3, 0.4) is 0 Å². The second-order valence-electron chi connectivity index (χ2n) is 3.80. The van der Waals surface area contributed by atoms with Crippen LogP contribution in [0.4, 0.5) is 19.0 Å². The van der Waals surface area contributed by atoms with Crippen molar-refractivity contribution in [1.82, 2.24) is 14.6 Å². The predicted octanol–water partition coefficient (Wildman–Crippen LogP) is 2.73. The minimum absolute atomic E-state index is 0.104. The van der Waals surface area contributed by atoms with Crippen LogP contribution in [0.1, 0.15) is 12.6 Å². The van der Waals surface area contributed by atoms with Gasteiger partial charge in [-0.25, -0.2) is 9.50 Å². The Balaban J connectivity index is 2.49. The van der Waals surface area contributed by atoms with Crippen LogP contribution in [-0.4, -0.2) is 20.6 Å². The highest BCUT2D eigenvalue weighted by Crippen LogP contribution is 2.30. The molecule has 1 unspecified atom stereocenters. The third-order valence-electron chi connectivity index (χ3n) is 2.40. The predicted molar refractivity (Wildman–Crippen MR) is 61.3 cm³/mol. The van der Waals surface area contributed by atoms with Gasteiger partial charge < -0.3 is 5.32 Å². The summed E-state index contributed by atoms with van der Waals surface area (Å²) in [5.74, 6) is 0.341. The molecule has 0 aliphatic rings. The van der Waals surface area contributed by atoms with Crippen molar-refractivity contribution in [3.8, 4) is 0 Å². The van der Waals surface area contributed by atoms with Crippen LogP contribution in [0.15, 0.2) is 31.1 Å². The van der Waals surface area contributed by atoms with Crippen molar-refractivity contribution in [3.63, 3.8) is 0 Å². The maximum Gasteiger partial charge on any atom is 0.435 e. The van der Waals surface area contributed by atoms with E-state index in [-0.39, 0.29) is 11.6 Å². The molecule has 2 aromatic rings. The number of nitrogens with one attached hydrogen (secondary N) is 1. The van der Waals surface area contributed by atoms with Crippen LogP contribution in [0, 0.1) is 0 Å². The largest absolute Gasteiger partial charge is 0.435 e. The molecule has 7 heteroatoms. The molecule has 2 heterocycles. The van der Waals surface area contributed by atoms with Crippen molar-refractivity contribution in [1.29, 1.82) is 0 Å². The standard InChI is InChI=1S/C11H11F3N4/c1-3-7(2)16-10-8-6-9(11(12,13)14)17-18(8)5-4-15-10/h3-7H,1H2,2H3,(H,15,16). The minimum Gasteiger partial charge on any atom is -0.362 e. The topological polar surface area (TPSA) is 42.2 Å². The molecule has 0 saturated carbocycles. The molecular weight excluding hydrogens is 245 g/mol. The highest BCUT2D eigenvalue weighted by molar-refractivity contribution is 5.68. The fourth-order valence-electron chi connectivity index (χ4n) is 1.45. The summed E-state index contributed by atoms with van der Waals surface area (Å²) in [5.41, 5.74) is -0.664. The Morgan fingerprint density at radius 1 is 1.50 bits per heavy atom. The molecule has 1 atom stereocenters. The Morgan fingerprint density at radius 3 is 2.83 bits per heavy atom. The number of hydrogen-bond acceptors (Lipinski definition) is 3. The van der Waals surface area contributed by atoms with Crippen LogP contribution in [0.2, 0.25) is 0 Å². The monoisotopic (exact) mass is 256 g/mol. The number of alkyl halides is 3.